The van der Waals surface area contributed by atoms with Gasteiger partial charge in [0, 0.05) is 13.1 Å². The number of β-amino-alcohol motifs (C(OH)–C–C–N with tert-alkyl or cyclic N) is 1. The molecule has 1 rings (SSSR count). The molecule has 0 radical (unpaired) electrons. The van der Waals surface area contributed by atoms with E-state index in [2.05, 4.69) is 17.1 Å². The minimum absolute atomic E-state index is 0.192. The highest BCUT2D eigenvalue weighted by molar-refractivity contribution is 4.71. The number of aliphatic hydroxyl groups is 1. The van der Waals surface area contributed by atoms with Crippen LogP contribution in [-0.4, -0.2) is 48.8 Å². The summed E-state index contributed by atoms with van der Waals surface area (Å²) in [5.41, 5.74) is 0. The smallest absolute Gasteiger partial charge is 0.0791 e. The Hall–Kier alpha value is -0.120. The predicted octanol–water partition coefficient (Wildman–Crippen LogP) is 3.17. The molecule has 120 valence electrons. The van der Waals surface area contributed by atoms with E-state index in [0.29, 0.717) is 0 Å². The normalized spacial score (nSPS) is 17.7. The van der Waals surface area contributed by atoms with Crippen molar-refractivity contribution in [1.29, 1.82) is 0 Å². The number of likely N-dealkylation sites (tertiary alicyclic amines) is 1. The van der Waals surface area contributed by atoms with Crippen LogP contribution in [0.2, 0.25) is 0 Å². The predicted molar refractivity (Wildman–Crippen MR) is 87.2 cm³/mol. The summed E-state index contributed by atoms with van der Waals surface area (Å²) in [6, 6.07) is 0. The lowest BCUT2D eigenvalue weighted by atomic mass is 10.1. The molecule has 0 aromatic carbocycles. The zero-order valence-corrected chi connectivity index (χ0v) is 13.6. The van der Waals surface area contributed by atoms with E-state index in [1.54, 1.807) is 0 Å². The molecule has 0 spiro atoms. The van der Waals surface area contributed by atoms with Gasteiger partial charge < -0.3 is 15.3 Å². The van der Waals surface area contributed by atoms with Gasteiger partial charge in [-0.1, -0.05) is 51.9 Å². The number of hydrogen-bond acceptors (Lipinski definition) is 3. The van der Waals surface area contributed by atoms with Crippen LogP contribution in [0.25, 0.3) is 0 Å². The second kappa shape index (κ2) is 12.6. The van der Waals surface area contributed by atoms with Crippen molar-refractivity contribution in [2.75, 3.05) is 32.7 Å². The van der Waals surface area contributed by atoms with Crippen molar-refractivity contribution in [2.24, 2.45) is 0 Å². The first-order valence-electron chi connectivity index (χ1n) is 8.94. The van der Waals surface area contributed by atoms with E-state index in [0.717, 1.165) is 19.6 Å². The standard InChI is InChI=1S/C17H36N2O/c1-2-3-4-5-6-7-8-9-12-18-15-17(20)16-19-13-10-11-14-19/h17-18,20H,2-16H2,1H3. The van der Waals surface area contributed by atoms with Crippen LogP contribution in [-0.2, 0) is 0 Å². The molecule has 1 aliphatic heterocycles. The van der Waals surface area contributed by atoms with Crippen LogP contribution >= 0.6 is 0 Å². The molecule has 1 aliphatic rings. The second-order valence-electron chi connectivity index (χ2n) is 6.34. The molecule has 1 heterocycles. The summed E-state index contributed by atoms with van der Waals surface area (Å²) in [7, 11) is 0. The number of unbranched alkanes of at least 4 members (excludes halogenated alkanes) is 7. The molecule has 1 unspecified atom stereocenters. The fourth-order valence-electron chi connectivity index (χ4n) is 2.98. The zero-order chi connectivity index (χ0) is 14.5. The topological polar surface area (TPSA) is 35.5 Å². The van der Waals surface area contributed by atoms with Crippen LogP contribution in [0.4, 0.5) is 0 Å². The molecular formula is C17H36N2O. The Balaban J connectivity index is 1.77. The minimum Gasteiger partial charge on any atom is -0.390 e. The van der Waals surface area contributed by atoms with Gasteiger partial charge in [-0.2, -0.15) is 0 Å². The maximum atomic E-state index is 9.93. The second-order valence-corrected chi connectivity index (χ2v) is 6.34. The number of aliphatic hydroxyl groups excluding tert-OH is 1. The summed E-state index contributed by atoms with van der Waals surface area (Å²) in [5, 5.41) is 13.3. The molecule has 2 N–H and O–H groups in total. The van der Waals surface area contributed by atoms with Crippen molar-refractivity contribution >= 4 is 0 Å². The number of rotatable bonds is 13. The van der Waals surface area contributed by atoms with Gasteiger partial charge in [0.25, 0.3) is 0 Å². The lowest BCUT2D eigenvalue weighted by Crippen LogP contribution is -2.37. The van der Waals surface area contributed by atoms with Gasteiger partial charge in [-0.3, -0.25) is 0 Å². The first kappa shape index (κ1) is 17.9. The van der Waals surface area contributed by atoms with Crippen molar-refractivity contribution < 1.29 is 5.11 Å². The molecule has 1 fully saturated rings. The van der Waals surface area contributed by atoms with Gasteiger partial charge in [0.1, 0.15) is 0 Å². The fraction of sp³-hybridized carbons (Fsp3) is 1.00. The molecule has 0 aromatic rings. The summed E-state index contributed by atoms with van der Waals surface area (Å²) >= 11 is 0. The largest absolute Gasteiger partial charge is 0.390 e. The van der Waals surface area contributed by atoms with Crippen LogP contribution < -0.4 is 5.32 Å². The van der Waals surface area contributed by atoms with Crippen LogP contribution in [0.3, 0.4) is 0 Å². The number of nitrogens with one attached hydrogen (secondary N) is 1. The highest BCUT2D eigenvalue weighted by Crippen LogP contribution is 2.08. The van der Waals surface area contributed by atoms with Gasteiger partial charge >= 0.3 is 0 Å². The first-order valence-corrected chi connectivity index (χ1v) is 8.94. The number of nitrogens with zero attached hydrogens (tertiary/aromatic N) is 1. The van der Waals surface area contributed by atoms with Gasteiger partial charge in [0.05, 0.1) is 6.10 Å². The van der Waals surface area contributed by atoms with E-state index in [1.165, 1.54) is 77.3 Å². The van der Waals surface area contributed by atoms with Gasteiger partial charge in [-0.05, 0) is 38.9 Å². The van der Waals surface area contributed by atoms with Crippen LogP contribution in [0.15, 0.2) is 0 Å². The molecule has 0 aliphatic carbocycles. The van der Waals surface area contributed by atoms with Crippen molar-refractivity contribution in [1.82, 2.24) is 10.2 Å². The average molecular weight is 284 g/mol. The van der Waals surface area contributed by atoms with Crippen molar-refractivity contribution in [3.8, 4) is 0 Å². The molecule has 0 saturated carbocycles. The Bertz CT molecular complexity index is 205. The molecular weight excluding hydrogens is 248 g/mol. The molecule has 0 aromatic heterocycles. The summed E-state index contributed by atoms with van der Waals surface area (Å²) in [5.74, 6) is 0. The quantitative estimate of drug-likeness (QED) is 0.510. The maximum Gasteiger partial charge on any atom is 0.0791 e. The van der Waals surface area contributed by atoms with Crippen LogP contribution in [0.5, 0.6) is 0 Å². The lowest BCUT2D eigenvalue weighted by Gasteiger charge is -2.19. The Labute approximate surface area is 126 Å². The van der Waals surface area contributed by atoms with Gasteiger partial charge in [0.2, 0.25) is 0 Å². The minimum atomic E-state index is -0.192. The third kappa shape index (κ3) is 9.73. The van der Waals surface area contributed by atoms with E-state index in [1.807, 2.05) is 0 Å². The molecule has 3 nitrogen and oxygen atoms in total. The van der Waals surface area contributed by atoms with E-state index in [4.69, 9.17) is 0 Å². The van der Waals surface area contributed by atoms with E-state index in [-0.39, 0.29) is 6.10 Å². The molecule has 1 saturated heterocycles. The highest BCUT2D eigenvalue weighted by Gasteiger charge is 2.14. The monoisotopic (exact) mass is 284 g/mol. The Morgan fingerprint density at radius 3 is 2.20 bits per heavy atom. The summed E-state index contributed by atoms with van der Waals surface area (Å²) in [4.78, 5) is 2.38. The van der Waals surface area contributed by atoms with Crippen LogP contribution in [0.1, 0.15) is 71.1 Å². The fourth-order valence-corrected chi connectivity index (χ4v) is 2.98. The van der Waals surface area contributed by atoms with E-state index in [9.17, 15) is 5.11 Å². The maximum absolute atomic E-state index is 9.93. The Morgan fingerprint density at radius 1 is 0.950 bits per heavy atom. The van der Waals surface area contributed by atoms with Crippen molar-refractivity contribution in [3.05, 3.63) is 0 Å². The Kier molecular flexibility index (Phi) is 11.3. The summed E-state index contributed by atoms with van der Waals surface area (Å²) < 4.78 is 0. The van der Waals surface area contributed by atoms with Gasteiger partial charge in [0.15, 0.2) is 0 Å². The van der Waals surface area contributed by atoms with Crippen molar-refractivity contribution in [2.45, 2.75) is 77.2 Å². The third-order valence-electron chi connectivity index (χ3n) is 4.25. The average Bonchev–Trinajstić information content (AvgIpc) is 2.93. The zero-order valence-electron chi connectivity index (χ0n) is 13.6. The highest BCUT2D eigenvalue weighted by atomic mass is 16.3. The van der Waals surface area contributed by atoms with Crippen LogP contribution in [0, 0.1) is 0 Å². The van der Waals surface area contributed by atoms with Gasteiger partial charge in [-0.25, -0.2) is 0 Å². The summed E-state index contributed by atoms with van der Waals surface area (Å²) in [6.45, 7) is 7.29. The first-order chi connectivity index (χ1) is 9.83. The molecule has 3 heteroatoms. The summed E-state index contributed by atoms with van der Waals surface area (Å²) in [6.07, 6.45) is 13.3. The molecule has 0 bridgehead atoms. The molecule has 1 atom stereocenters. The SMILES string of the molecule is CCCCCCCCCCNCC(O)CN1CCCC1. The Morgan fingerprint density at radius 2 is 1.55 bits per heavy atom. The molecule has 20 heavy (non-hydrogen) atoms. The molecule has 0 amide bonds. The third-order valence-corrected chi connectivity index (χ3v) is 4.25. The van der Waals surface area contributed by atoms with Gasteiger partial charge in [-0.15, -0.1) is 0 Å². The number of hydrogen-bond donors (Lipinski definition) is 2. The van der Waals surface area contributed by atoms with E-state index >= 15 is 0 Å². The van der Waals surface area contributed by atoms with Crippen molar-refractivity contribution in [3.63, 3.8) is 0 Å². The lowest BCUT2D eigenvalue weighted by molar-refractivity contribution is 0.123. The van der Waals surface area contributed by atoms with E-state index < -0.39 is 0 Å².